The maximum absolute atomic E-state index is 12.4. The molecule has 0 aliphatic carbocycles. The zero-order chi connectivity index (χ0) is 19.3. The quantitative estimate of drug-likeness (QED) is 0.633. The Morgan fingerprint density at radius 2 is 1.74 bits per heavy atom. The molecule has 0 saturated carbocycles. The van der Waals surface area contributed by atoms with Gasteiger partial charge in [-0.3, -0.25) is 4.79 Å². The van der Waals surface area contributed by atoms with Crippen LogP contribution < -0.4 is 10.0 Å². The molecule has 2 aromatic carbocycles. The van der Waals surface area contributed by atoms with Gasteiger partial charge in [0.25, 0.3) is 5.91 Å². The van der Waals surface area contributed by atoms with Crippen molar-refractivity contribution in [3.05, 3.63) is 70.2 Å². The van der Waals surface area contributed by atoms with Crippen LogP contribution >= 0.6 is 11.3 Å². The standard InChI is InChI=1S/C18H18N4O3S2/c1-2-13-8-10-15(11-9-13)27(24,25)19-12-16-21-22-18(26-16)17(23)20-14-6-4-3-5-7-14/h3-11,19H,2,12H2,1H3,(H,20,23). The van der Waals surface area contributed by atoms with E-state index in [1.165, 1.54) is 0 Å². The number of anilines is 1. The van der Waals surface area contributed by atoms with E-state index in [1.54, 1.807) is 36.4 Å². The summed E-state index contributed by atoms with van der Waals surface area (Å²) in [4.78, 5) is 12.4. The summed E-state index contributed by atoms with van der Waals surface area (Å²) in [6.45, 7) is 1.97. The zero-order valence-electron chi connectivity index (χ0n) is 14.5. The first-order valence-electron chi connectivity index (χ1n) is 8.25. The van der Waals surface area contributed by atoms with Gasteiger partial charge >= 0.3 is 0 Å². The van der Waals surface area contributed by atoms with Crippen LogP contribution in [0.2, 0.25) is 0 Å². The summed E-state index contributed by atoms with van der Waals surface area (Å²) in [5.74, 6) is -0.386. The van der Waals surface area contributed by atoms with Crippen molar-refractivity contribution in [1.82, 2.24) is 14.9 Å². The van der Waals surface area contributed by atoms with Crippen LogP contribution in [0, 0.1) is 0 Å². The SMILES string of the molecule is CCc1ccc(S(=O)(=O)NCc2nnc(C(=O)Nc3ccccc3)s2)cc1. The van der Waals surface area contributed by atoms with Crippen LogP contribution in [0.15, 0.2) is 59.5 Å². The largest absolute Gasteiger partial charge is 0.320 e. The number of para-hydroxylation sites is 1. The highest BCUT2D eigenvalue weighted by Gasteiger charge is 2.17. The van der Waals surface area contributed by atoms with Crippen LogP contribution in [0.5, 0.6) is 0 Å². The molecule has 9 heteroatoms. The van der Waals surface area contributed by atoms with Crippen molar-refractivity contribution in [3.63, 3.8) is 0 Å². The van der Waals surface area contributed by atoms with Gasteiger partial charge in [0.15, 0.2) is 0 Å². The van der Waals surface area contributed by atoms with Gasteiger partial charge in [-0.05, 0) is 36.2 Å². The second-order valence-corrected chi connectivity index (χ2v) is 8.47. The van der Waals surface area contributed by atoms with Gasteiger partial charge in [0.1, 0.15) is 5.01 Å². The van der Waals surface area contributed by atoms with Gasteiger partial charge in [-0.25, -0.2) is 13.1 Å². The fourth-order valence-corrected chi connectivity index (χ4v) is 4.02. The van der Waals surface area contributed by atoms with E-state index in [0.29, 0.717) is 10.7 Å². The molecule has 0 spiro atoms. The maximum Gasteiger partial charge on any atom is 0.286 e. The Bertz CT molecular complexity index is 1020. The smallest absolute Gasteiger partial charge is 0.286 e. The number of amides is 1. The fourth-order valence-electron chi connectivity index (χ4n) is 2.27. The molecule has 3 rings (SSSR count). The lowest BCUT2D eigenvalue weighted by Crippen LogP contribution is -2.23. The van der Waals surface area contributed by atoms with Crippen LogP contribution in [0.4, 0.5) is 5.69 Å². The van der Waals surface area contributed by atoms with Crippen molar-refractivity contribution in [1.29, 1.82) is 0 Å². The number of nitrogens with one attached hydrogen (secondary N) is 2. The highest BCUT2D eigenvalue weighted by molar-refractivity contribution is 7.89. The van der Waals surface area contributed by atoms with Gasteiger partial charge in [0, 0.05) is 5.69 Å². The number of carbonyl (C=O) groups excluding carboxylic acids is 1. The highest BCUT2D eigenvalue weighted by atomic mass is 32.2. The summed E-state index contributed by atoms with van der Waals surface area (Å²) in [5.41, 5.74) is 1.71. The molecule has 0 bridgehead atoms. The third kappa shape index (κ3) is 4.97. The number of hydrogen-bond acceptors (Lipinski definition) is 6. The van der Waals surface area contributed by atoms with Crippen LogP contribution in [0.1, 0.15) is 27.3 Å². The van der Waals surface area contributed by atoms with E-state index in [1.807, 2.05) is 25.1 Å². The second-order valence-electron chi connectivity index (χ2n) is 5.64. The number of rotatable bonds is 7. The molecule has 0 atom stereocenters. The topological polar surface area (TPSA) is 101 Å². The highest BCUT2D eigenvalue weighted by Crippen LogP contribution is 2.15. The summed E-state index contributed by atoms with van der Waals surface area (Å²) < 4.78 is 27.2. The Kier molecular flexibility index (Phi) is 5.94. The van der Waals surface area contributed by atoms with Crippen molar-refractivity contribution >= 4 is 33.0 Å². The Hall–Kier alpha value is -2.62. The summed E-state index contributed by atoms with van der Waals surface area (Å²) in [7, 11) is -3.65. The van der Waals surface area contributed by atoms with Gasteiger partial charge in [-0.2, -0.15) is 0 Å². The molecule has 0 fully saturated rings. The van der Waals surface area contributed by atoms with Crippen LogP contribution in [-0.4, -0.2) is 24.5 Å². The summed E-state index contributed by atoms with van der Waals surface area (Å²) in [6.07, 6.45) is 0.840. The van der Waals surface area contributed by atoms with E-state index in [9.17, 15) is 13.2 Å². The number of aromatic nitrogens is 2. The maximum atomic E-state index is 12.4. The van der Waals surface area contributed by atoms with Gasteiger partial charge < -0.3 is 5.32 Å². The lowest BCUT2D eigenvalue weighted by atomic mass is 10.2. The number of nitrogens with zero attached hydrogens (tertiary/aromatic N) is 2. The molecule has 0 aliphatic heterocycles. The minimum atomic E-state index is -3.65. The number of benzene rings is 2. The van der Waals surface area contributed by atoms with Crippen LogP contribution in [0.25, 0.3) is 0 Å². The minimum absolute atomic E-state index is 0.0336. The first-order chi connectivity index (χ1) is 13.0. The summed E-state index contributed by atoms with van der Waals surface area (Å²) >= 11 is 1.04. The average molecular weight is 403 g/mol. The Labute approximate surface area is 161 Å². The monoisotopic (exact) mass is 402 g/mol. The van der Waals surface area contributed by atoms with Crippen molar-refractivity contribution < 1.29 is 13.2 Å². The molecule has 0 radical (unpaired) electrons. The molecule has 3 aromatic rings. The molecule has 27 heavy (non-hydrogen) atoms. The molecule has 2 N–H and O–H groups in total. The Morgan fingerprint density at radius 3 is 2.41 bits per heavy atom. The predicted octanol–water partition coefficient (Wildman–Crippen LogP) is 2.83. The third-order valence-corrected chi connectivity index (χ3v) is 6.09. The molecule has 0 saturated heterocycles. The molecule has 140 valence electrons. The third-order valence-electron chi connectivity index (χ3n) is 3.75. The minimum Gasteiger partial charge on any atom is -0.320 e. The second kappa shape index (κ2) is 8.38. The Morgan fingerprint density at radius 1 is 1.04 bits per heavy atom. The van der Waals surface area contributed by atoms with Gasteiger partial charge in [0.05, 0.1) is 11.4 Å². The van der Waals surface area contributed by atoms with Gasteiger partial charge in [-0.1, -0.05) is 48.6 Å². The number of aryl methyl sites for hydroxylation is 1. The fraction of sp³-hybridized carbons (Fsp3) is 0.167. The Balaban J connectivity index is 1.62. The van der Waals surface area contributed by atoms with Gasteiger partial charge in [-0.15, -0.1) is 10.2 Å². The zero-order valence-corrected chi connectivity index (χ0v) is 16.2. The van der Waals surface area contributed by atoms with E-state index < -0.39 is 10.0 Å². The molecular formula is C18H18N4O3S2. The first kappa shape index (κ1) is 19.2. The van der Waals surface area contributed by atoms with Gasteiger partial charge in [0.2, 0.25) is 15.0 Å². The average Bonchev–Trinajstić information content (AvgIpc) is 3.17. The lowest BCUT2D eigenvalue weighted by Gasteiger charge is -2.05. The van der Waals surface area contributed by atoms with E-state index in [0.717, 1.165) is 23.3 Å². The van der Waals surface area contributed by atoms with Crippen molar-refractivity contribution in [2.45, 2.75) is 24.8 Å². The molecule has 7 nitrogen and oxygen atoms in total. The van der Waals surface area contributed by atoms with Crippen LogP contribution in [0.3, 0.4) is 0 Å². The summed E-state index contributed by atoms with van der Waals surface area (Å²) in [6, 6.07) is 15.7. The normalized spacial score (nSPS) is 11.3. The van der Waals surface area contributed by atoms with E-state index in [4.69, 9.17) is 0 Å². The molecule has 1 aromatic heterocycles. The lowest BCUT2D eigenvalue weighted by molar-refractivity contribution is 0.102. The van der Waals surface area contributed by atoms with E-state index >= 15 is 0 Å². The van der Waals surface area contributed by atoms with Crippen molar-refractivity contribution in [2.24, 2.45) is 0 Å². The van der Waals surface area contributed by atoms with Crippen LogP contribution in [-0.2, 0) is 23.0 Å². The first-order valence-corrected chi connectivity index (χ1v) is 10.6. The molecule has 0 unspecified atom stereocenters. The molecular weight excluding hydrogens is 384 g/mol. The molecule has 1 amide bonds. The summed E-state index contributed by atoms with van der Waals surface area (Å²) in [5, 5.41) is 11.0. The van der Waals surface area contributed by atoms with Crippen molar-refractivity contribution in [3.8, 4) is 0 Å². The van der Waals surface area contributed by atoms with E-state index in [2.05, 4.69) is 20.2 Å². The number of hydrogen-bond donors (Lipinski definition) is 2. The number of sulfonamides is 1. The van der Waals surface area contributed by atoms with E-state index in [-0.39, 0.29) is 22.4 Å². The van der Waals surface area contributed by atoms with Crippen molar-refractivity contribution in [2.75, 3.05) is 5.32 Å². The molecule has 0 aliphatic rings. The predicted molar refractivity (Wildman–Crippen MR) is 104 cm³/mol. The molecule has 1 heterocycles. The number of carbonyl (C=O) groups is 1.